The van der Waals surface area contributed by atoms with Gasteiger partial charge in [-0.25, -0.2) is 4.79 Å². The first kappa shape index (κ1) is 18.6. The summed E-state index contributed by atoms with van der Waals surface area (Å²) >= 11 is 0. The number of amides is 2. The summed E-state index contributed by atoms with van der Waals surface area (Å²) < 4.78 is 0. The zero-order chi connectivity index (χ0) is 19.4. The van der Waals surface area contributed by atoms with Crippen LogP contribution in [0, 0.1) is 0 Å². The first-order chi connectivity index (χ1) is 13.0. The predicted octanol–water partition coefficient (Wildman–Crippen LogP) is 2.58. The number of carboxylic acid groups (broad SMARTS) is 1. The van der Waals surface area contributed by atoms with Crippen LogP contribution in [0.25, 0.3) is 0 Å². The van der Waals surface area contributed by atoms with E-state index in [2.05, 4.69) is 0 Å². The molecule has 0 saturated carbocycles. The number of rotatable bonds is 5. The van der Waals surface area contributed by atoms with Gasteiger partial charge in [-0.15, -0.1) is 0 Å². The monoisotopic (exact) mass is 366 g/mol. The second-order valence-electron chi connectivity index (χ2n) is 6.67. The van der Waals surface area contributed by atoms with Gasteiger partial charge in [-0.2, -0.15) is 0 Å². The van der Waals surface area contributed by atoms with Gasteiger partial charge in [-0.3, -0.25) is 9.59 Å². The molecule has 2 aromatic rings. The number of carbonyl (C=O) groups excluding carboxylic acids is 2. The van der Waals surface area contributed by atoms with Crippen molar-refractivity contribution in [1.82, 2.24) is 4.90 Å². The van der Waals surface area contributed by atoms with Crippen molar-refractivity contribution in [3.8, 4) is 0 Å². The fraction of sp³-hybridized carbons (Fsp3) is 0.286. The second-order valence-corrected chi connectivity index (χ2v) is 6.67. The van der Waals surface area contributed by atoms with E-state index in [1.54, 1.807) is 24.1 Å². The number of hydrogen-bond donors (Lipinski definition) is 1. The number of benzene rings is 2. The summed E-state index contributed by atoms with van der Waals surface area (Å²) in [5.74, 6) is -1.23. The molecule has 2 aromatic carbocycles. The molecular formula is C21H22N2O4. The Kier molecular flexibility index (Phi) is 5.54. The molecule has 1 unspecified atom stereocenters. The predicted molar refractivity (Wildman–Crippen MR) is 102 cm³/mol. The highest BCUT2D eigenvalue weighted by molar-refractivity contribution is 6.00. The number of nitrogens with zero attached hydrogens (tertiary/aromatic N) is 2. The fourth-order valence-corrected chi connectivity index (χ4v) is 3.32. The molecule has 1 saturated heterocycles. The van der Waals surface area contributed by atoms with Gasteiger partial charge in [0.1, 0.15) is 6.04 Å². The molecule has 0 radical (unpaired) electrons. The molecule has 1 fully saturated rings. The molecule has 140 valence electrons. The molecule has 6 nitrogen and oxygen atoms in total. The second kappa shape index (κ2) is 8.03. The molecule has 0 bridgehead atoms. The van der Waals surface area contributed by atoms with E-state index < -0.39 is 12.0 Å². The largest absolute Gasteiger partial charge is 0.478 e. The van der Waals surface area contributed by atoms with Crippen LogP contribution in [-0.4, -0.2) is 47.4 Å². The molecule has 1 aliphatic heterocycles. The number of aromatic carboxylic acids is 1. The molecule has 1 N–H and O–H groups in total. The minimum absolute atomic E-state index is 0.0653. The van der Waals surface area contributed by atoms with Crippen LogP contribution in [0.4, 0.5) is 5.69 Å². The van der Waals surface area contributed by atoms with Crippen molar-refractivity contribution >= 4 is 23.5 Å². The lowest BCUT2D eigenvalue weighted by Crippen LogP contribution is -2.53. The van der Waals surface area contributed by atoms with E-state index in [1.165, 1.54) is 17.0 Å². The average Bonchev–Trinajstić information content (AvgIpc) is 2.68. The Balaban J connectivity index is 1.68. The summed E-state index contributed by atoms with van der Waals surface area (Å²) in [5.41, 5.74) is 1.75. The first-order valence-electron chi connectivity index (χ1n) is 8.91. The Bertz CT molecular complexity index is 833. The van der Waals surface area contributed by atoms with E-state index >= 15 is 0 Å². The minimum Gasteiger partial charge on any atom is -0.478 e. The van der Waals surface area contributed by atoms with Gasteiger partial charge in [0.15, 0.2) is 0 Å². The molecule has 0 spiro atoms. The molecule has 0 aliphatic carbocycles. The third kappa shape index (κ3) is 4.16. The Morgan fingerprint density at radius 3 is 2.41 bits per heavy atom. The summed E-state index contributed by atoms with van der Waals surface area (Å²) in [6, 6.07) is 15.2. The van der Waals surface area contributed by atoms with Crippen molar-refractivity contribution in [1.29, 1.82) is 0 Å². The van der Waals surface area contributed by atoms with E-state index in [9.17, 15) is 14.4 Å². The van der Waals surface area contributed by atoms with Crippen LogP contribution in [0.3, 0.4) is 0 Å². The number of anilines is 1. The summed E-state index contributed by atoms with van der Waals surface area (Å²) in [4.78, 5) is 39.7. The maximum atomic E-state index is 12.9. The highest BCUT2D eigenvalue weighted by Gasteiger charge is 2.34. The molecule has 0 aromatic heterocycles. The lowest BCUT2D eigenvalue weighted by atomic mass is 10.0. The van der Waals surface area contributed by atoms with Crippen LogP contribution < -0.4 is 4.90 Å². The summed E-state index contributed by atoms with van der Waals surface area (Å²) in [6.45, 7) is 0.651. The van der Waals surface area contributed by atoms with Crippen molar-refractivity contribution in [3.63, 3.8) is 0 Å². The van der Waals surface area contributed by atoms with Gasteiger partial charge >= 0.3 is 5.97 Å². The van der Waals surface area contributed by atoms with Crippen LogP contribution in [-0.2, 0) is 16.0 Å². The highest BCUT2D eigenvalue weighted by atomic mass is 16.4. The SMILES string of the molecule is CN(C(=O)Cc1ccc(C(=O)O)cc1)C1CCCN(c2ccccc2)C1=O. The van der Waals surface area contributed by atoms with E-state index in [4.69, 9.17) is 5.11 Å². The van der Waals surface area contributed by atoms with Crippen LogP contribution in [0.15, 0.2) is 54.6 Å². The Morgan fingerprint density at radius 1 is 1.11 bits per heavy atom. The first-order valence-corrected chi connectivity index (χ1v) is 8.91. The normalized spacial score (nSPS) is 16.9. The van der Waals surface area contributed by atoms with Gasteiger partial charge in [0.2, 0.25) is 11.8 Å². The fourth-order valence-electron chi connectivity index (χ4n) is 3.32. The quantitative estimate of drug-likeness (QED) is 0.882. The van der Waals surface area contributed by atoms with Crippen molar-refractivity contribution < 1.29 is 19.5 Å². The van der Waals surface area contributed by atoms with Gasteiger partial charge < -0.3 is 14.9 Å². The van der Waals surface area contributed by atoms with Crippen molar-refractivity contribution in [2.75, 3.05) is 18.5 Å². The Hall–Kier alpha value is -3.15. The molecule has 1 atom stereocenters. The summed E-state index contributed by atoms with van der Waals surface area (Å²) in [7, 11) is 1.66. The molecule has 1 heterocycles. The van der Waals surface area contributed by atoms with Crippen LogP contribution in [0.2, 0.25) is 0 Å². The molecule has 6 heteroatoms. The van der Waals surface area contributed by atoms with Crippen LogP contribution >= 0.6 is 0 Å². The van der Waals surface area contributed by atoms with Gasteiger partial charge in [-0.05, 0) is 42.7 Å². The third-order valence-electron chi connectivity index (χ3n) is 4.90. The smallest absolute Gasteiger partial charge is 0.335 e. The number of carbonyl (C=O) groups is 3. The van der Waals surface area contributed by atoms with Crippen molar-refractivity contribution in [2.45, 2.75) is 25.3 Å². The lowest BCUT2D eigenvalue weighted by Gasteiger charge is -2.37. The minimum atomic E-state index is -1.00. The molecule has 3 rings (SSSR count). The summed E-state index contributed by atoms with van der Waals surface area (Å²) in [5, 5.41) is 8.95. The molecule has 27 heavy (non-hydrogen) atoms. The van der Waals surface area contributed by atoms with E-state index in [1.807, 2.05) is 30.3 Å². The van der Waals surface area contributed by atoms with Crippen molar-refractivity contribution in [3.05, 3.63) is 65.7 Å². The van der Waals surface area contributed by atoms with Gasteiger partial charge in [0.05, 0.1) is 12.0 Å². The van der Waals surface area contributed by atoms with Crippen LogP contribution in [0.1, 0.15) is 28.8 Å². The van der Waals surface area contributed by atoms with E-state index in [0.29, 0.717) is 13.0 Å². The molecule has 2 amide bonds. The summed E-state index contributed by atoms with van der Waals surface area (Å²) in [6.07, 6.45) is 1.60. The topological polar surface area (TPSA) is 77.9 Å². The average molecular weight is 366 g/mol. The number of likely N-dealkylation sites (N-methyl/N-ethyl adjacent to an activating group) is 1. The van der Waals surface area contributed by atoms with Gasteiger partial charge in [0, 0.05) is 19.3 Å². The van der Waals surface area contributed by atoms with Gasteiger partial charge in [-0.1, -0.05) is 30.3 Å². The molecule has 1 aliphatic rings. The highest BCUT2D eigenvalue weighted by Crippen LogP contribution is 2.23. The number of hydrogen-bond acceptors (Lipinski definition) is 3. The molecular weight excluding hydrogens is 344 g/mol. The number of carboxylic acids is 1. The standard InChI is InChI=1S/C21H22N2O4/c1-22(19(24)14-15-9-11-16(12-10-15)21(26)27)18-8-5-13-23(20(18)25)17-6-3-2-4-7-17/h2-4,6-7,9-12,18H,5,8,13-14H2,1H3,(H,26,27). The third-order valence-corrected chi connectivity index (χ3v) is 4.90. The number of piperidine rings is 1. The zero-order valence-electron chi connectivity index (χ0n) is 15.2. The zero-order valence-corrected chi connectivity index (χ0v) is 15.2. The number of para-hydroxylation sites is 1. The Labute approximate surface area is 158 Å². The Morgan fingerprint density at radius 2 is 1.78 bits per heavy atom. The van der Waals surface area contributed by atoms with Gasteiger partial charge in [0.25, 0.3) is 0 Å². The van der Waals surface area contributed by atoms with E-state index in [-0.39, 0.29) is 23.8 Å². The maximum absolute atomic E-state index is 12.9. The van der Waals surface area contributed by atoms with Crippen molar-refractivity contribution in [2.24, 2.45) is 0 Å². The van der Waals surface area contributed by atoms with Crippen LogP contribution in [0.5, 0.6) is 0 Å². The lowest BCUT2D eigenvalue weighted by molar-refractivity contribution is -0.138. The van der Waals surface area contributed by atoms with E-state index in [0.717, 1.165) is 17.7 Å². The maximum Gasteiger partial charge on any atom is 0.335 e.